The van der Waals surface area contributed by atoms with Gasteiger partial charge in [-0.1, -0.05) is 48.5 Å². The van der Waals surface area contributed by atoms with E-state index >= 15 is 0 Å². The zero-order valence-corrected chi connectivity index (χ0v) is 19.3. The molecule has 3 aromatic carbocycles. The number of carbonyl (C=O) groups is 1. The summed E-state index contributed by atoms with van der Waals surface area (Å²) in [5.74, 6) is 0.0350. The van der Waals surface area contributed by atoms with E-state index in [0.717, 1.165) is 22.2 Å². The van der Waals surface area contributed by atoms with Gasteiger partial charge >= 0.3 is 0 Å². The van der Waals surface area contributed by atoms with Crippen molar-refractivity contribution in [3.63, 3.8) is 0 Å². The third kappa shape index (κ3) is 5.17. The van der Waals surface area contributed by atoms with Crippen LogP contribution in [0.1, 0.15) is 11.1 Å². The Morgan fingerprint density at radius 3 is 2.47 bits per heavy atom. The van der Waals surface area contributed by atoms with Gasteiger partial charge in [-0.2, -0.15) is 0 Å². The molecule has 0 aliphatic rings. The average molecular weight is 457 g/mol. The predicted octanol–water partition coefficient (Wildman–Crippen LogP) is 4.24. The number of anilines is 1. The number of para-hydroxylation sites is 1. The highest BCUT2D eigenvalue weighted by Gasteiger charge is 2.18. The quantitative estimate of drug-likeness (QED) is 0.260. The molecular weight excluding hydrogens is 428 g/mol. The highest BCUT2D eigenvalue weighted by atomic mass is 16.5. The number of hydrogen-bond donors (Lipinski definition) is 3. The maximum absolute atomic E-state index is 12.4. The SMILES string of the molecule is COCCNCC(=O)N(C)c1ccc(N=C(c2ccccc2)c2c(O)[nH]c3ccccc23)cc1. The molecule has 1 amide bonds. The summed E-state index contributed by atoms with van der Waals surface area (Å²) < 4.78 is 4.99. The minimum atomic E-state index is -0.0407. The lowest BCUT2D eigenvalue weighted by Crippen LogP contribution is -2.36. The van der Waals surface area contributed by atoms with E-state index in [4.69, 9.17) is 9.73 Å². The zero-order chi connectivity index (χ0) is 23.9. The molecule has 0 atom stereocenters. The molecule has 1 aromatic heterocycles. The Kier molecular flexibility index (Phi) is 7.37. The number of carbonyl (C=O) groups excluding carboxylic acids is 1. The first-order valence-electron chi connectivity index (χ1n) is 11.1. The highest BCUT2D eigenvalue weighted by molar-refractivity contribution is 6.21. The fraction of sp³-hybridized carbons (Fsp3) is 0.185. The van der Waals surface area contributed by atoms with E-state index < -0.39 is 0 Å². The van der Waals surface area contributed by atoms with Gasteiger partial charge in [-0.3, -0.25) is 4.79 Å². The van der Waals surface area contributed by atoms with Gasteiger partial charge < -0.3 is 25.0 Å². The fourth-order valence-electron chi connectivity index (χ4n) is 3.74. The maximum Gasteiger partial charge on any atom is 0.240 e. The normalized spacial score (nSPS) is 11.6. The van der Waals surface area contributed by atoms with Crippen LogP contribution in [0.2, 0.25) is 0 Å². The highest BCUT2D eigenvalue weighted by Crippen LogP contribution is 2.31. The number of aliphatic imine (C=N–C) groups is 1. The van der Waals surface area contributed by atoms with Gasteiger partial charge in [-0.15, -0.1) is 0 Å². The van der Waals surface area contributed by atoms with Crippen molar-refractivity contribution in [2.45, 2.75) is 0 Å². The van der Waals surface area contributed by atoms with Crippen molar-refractivity contribution in [1.82, 2.24) is 10.3 Å². The minimum absolute atomic E-state index is 0.0407. The van der Waals surface area contributed by atoms with Crippen LogP contribution < -0.4 is 10.2 Å². The van der Waals surface area contributed by atoms with Gasteiger partial charge in [0.05, 0.1) is 30.1 Å². The summed E-state index contributed by atoms with van der Waals surface area (Å²) in [5.41, 5.74) is 4.53. The van der Waals surface area contributed by atoms with E-state index in [-0.39, 0.29) is 18.3 Å². The summed E-state index contributed by atoms with van der Waals surface area (Å²) in [6.07, 6.45) is 0. The number of aromatic hydroxyl groups is 1. The number of aromatic amines is 1. The van der Waals surface area contributed by atoms with Crippen molar-refractivity contribution >= 4 is 33.9 Å². The molecule has 0 aliphatic heterocycles. The molecule has 0 radical (unpaired) electrons. The number of nitrogens with one attached hydrogen (secondary N) is 2. The summed E-state index contributed by atoms with van der Waals surface area (Å²) in [4.78, 5) is 22.0. The van der Waals surface area contributed by atoms with Gasteiger partial charge in [0, 0.05) is 42.9 Å². The molecule has 0 bridgehead atoms. The third-order valence-electron chi connectivity index (χ3n) is 5.58. The molecule has 0 spiro atoms. The lowest BCUT2D eigenvalue weighted by atomic mass is 10.0. The lowest BCUT2D eigenvalue weighted by molar-refractivity contribution is -0.117. The molecule has 174 valence electrons. The number of hydrogen-bond acceptors (Lipinski definition) is 5. The summed E-state index contributed by atoms with van der Waals surface area (Å²) in [6.45, 7) is 1.41. The van der Waals surface area contributed by atoms with E-state index in [0.29, 0.717) is 30.1 Å². The molecule has 7 heteroatoms. The first kappa shape index (κ1) is 23.2. The lowest BCUT2D eigenvalue weighted by Gasteiger charge is -2.18. The second-order valence-electron chi connectivity index (χ2n) is 7.86. The van der Waals surface area contributed by atoms with Crippen LogP contribution in [-0.4, -0.2) is 55.6 Å². The van der Waals surface area contributed by atoms with Crippen molar-refractivity contribution in [3.8, 4) is 5.88 Å². The Labute approximate surface area is 198 Å². The first-order valence-corrected chi connectivity index (χ1v) is 11.1. The van der Waals surface area contributed by atoms with E-state index in [1.54, 1.807) is 19.1 Å². The van der Waals surface area contributed by atoms with E-state index in [1.165, 1.54) is 0 Å². The Balaban J connectivity index is 1.64. The summed E-state index contributed by atoms with van der Waals surface area (Å²) in [7, 11) is 3.38. The zero-order valence-electron chi connectivity index (χ0n) is 19.3. The number of aromatic nitrogens is 1. The summed E-state index contributed by atoms with van der Waals surface area (Å²) >= 11 is 0. The number of ether oxygens (including phenoxy) is 1. The Bertz CT molecular complexity index is 1280. The van der Waals surface area contributed by atoms with Crippen molar-refractivity contribution in [2.75, 3.05) is 38.8 Å². The van der Waals surface area contributed by atoms with Crippen LogP contribution in [0.25, 0.3) is 10.9 Å². The summed E-state index contributed by atoms with van der Waals surface area (Å²) in [6, 6.07) is 25.0. The fourth-order valence-corrected chi connectivity index (χ4v) is 3.74. The van der Waals surface area contributed by atoms with Gasteiger partial charge in [0.15, 0.2) is 5.88 Å². The molecule has 0 fully saturated rings. The Morgan fingerprint density at radius 2 is 1.74 bits per heavy atom. The predicted molar refractivity (Wildman–Crippen MR) is 136 cm³/mol. The maximum atomic E-state index is 12.4. The van der Waals surface area contributed by atoms with Crippen LogP contribution >= 0.6 is 0 Å². The number of fused-ring (bicyclic) bond motifs is 1. The molecule has 0 saturated heterocycles. The van der Waals surface area contributed by atoms with Crippen molar-refractivity contribution in [2.24, 2.45) is 4.99 Å². The van der Waals surface area contributed by atoms with Crippen LogP contribution in [0.15, 0.2) is 83.9 Å². The molecule has 4 rings (SSSR count). The molecule has 0 unspecified atom stereocenters. The van der Waals surface area contributed by atoms with Crippen LogP contribution in [0.3, 0.4) is 0 Å². The second kappa shape index (κ2) is 10.8. The van der Waals surface area contributed by atoms with Crippen molar-refractivity contribution in [1.29, 1.82) is 0 Å². The number of rotatable bonds is 9. The monoisotopic (exact) mass is 456 g/mol. The Morgan fingerprint density at radius 1 is 1.03 bits per heavy atom. The molecular formula is C27H28N4O3. The van der Waals surface area contributed by atoms with E-state index in [2.05, 4.69) is 10.3 Å². The molecule has 4 aromatic rings. The smallest absolute Gasteiger partial charge is 0.240 e. The average Bonchev–Trinajstić information content (AvgIpc) is 3.21. The van der Waals surface area contributed by atoms with Crippen LogP contribution in [0, 0.1) is 0 Å². The number of methoxy groups -OCH3 is 1. The van der Waals surface area contributed by atoms with Crippen molar-refractivity contribution < 1.29 is 14.6 Å². The van der Waals surface area contributed by atoms with E-state index in [9.17, 15) is 9.90 Å². The molecule has 34 heavy (non-hydrogen) atoms. The van der Waals surface area contributed by atoms with Gasteiger partial charge in [-0.25, -0.2) is 4.99 Å². The number of likely N-dealkylation sites (N-methyl/N-ethyl adjacent to an activating group) is 1. The Hall–Kier alpha value is -3.94. The van der Waals surface area contributed by atoms with Crippen LogP contribution in [0.5, 0.6) is 5.88 Å². The number of H-pyrrole nitrogens is 1. The van der Waals surface area contributed by atoms with Gasteiger partial charge in [0.1, 0.15) is 0 Å². The number of nitrogens with zero attached hydrogens (tertiary/aromatic N) is 2. The second-order valence-corrected chi connectivity index (χ2v) is 7.86. The molecule has 0 aliphatic carbocycles. The van der Waals surface area contributed by atoms with Crippen LogP contribution in [-0.2, 0) is 9.53 Å². The van der Waals surface area contributed by atoms with Gasteiger partial charge in [0.25, 0.3) is 0 Å². The van der Waals surface area contributed by atoms with Crippen molar-refractivity contribution in [3.05, 3.63) is 90.0 Å². The third-order valence-corrected chi connectivity index (χ3v) is 5.58. The molecule has 0 saturated carbocycles. The number of benzene rings is 3. The molecule has 1 heterocycles. The van der Waals surface area contributed by atoms with Gasteiger partial charge in [-0.05, 0) is 30.3 Å². The number of amides is 1. The van der Waals surface area contributed by atoms with Gasteiger partial charge in [0.2, 0.25) is 5.91 Å². The van der Waals surface area contributed by atoms with Crippen LogP contribution in [0.4, 0.5) is 11.4 Å². The molecule has 3 N–H and O–H groups in total. The topological polar surface area (TPSA) is 89.9 Å². The minimum Gasteiger partial charge on any atom is -0.494 e. The van der Waals surface area contributed by atoms with E-state index in [1.807, 2.05) is 78.9 Å². The molecule has 7 nitrogen and oxygen atoms in total. The summed E-state index contributed by atoms with van der Waals surface area (Å²) in [5, 5.41) is 14.7. The standard InChI is InChI=1S/C27H28N4O3/c1-31(24(32)18-28-16-17-34-2)21-14-12-20(13-15-21)29-26(19-8-4-3-5-9-19)25-22-10-6-7-11-23(22)30-27(25)33/h3-15,28,30,33H,16-18H2,1-2H3. The largest absolute Gasteiger partial charge is 0.494 e. The first-order chi connectivity index (χ1) is 16.6.